The molecule has 142 valence electrons. The second kappa shape index (κ2) is 7.25. The first kappa shape index (κ1) is 18.5. The van der Waals surface area contributed by atoms with Gasteiger partial charge >= 0.3 is 5.97 Å². The van der Waals surface area contributed by atoms with Gasteiger partial charge in [0, 0.05) is 6.08 Å². The number of benzene rings is 1. The molecular formula is C19H14BrN3O4S. The average molecular weight is 460 g/mol. The van der Waals surface area contributed by atoms with Gasteiger partial charge in [-0.05, 0) is 47.1 Å². The van der Waals surface area contributed by atoms with Crippen LogP contribution >= 0.6 is 27.3 Å². The van der Waals surface area contributed by atoms with Crippen molar-refractivity contribution >= 4 is 56.4 Å². The van der Waals surface area contributed by atoms with E-state index >= 15 is 0 Å². The lowest BCUT2D eigenvalue weighted by molar-refractivity contribution is -0.135. The lowest BCUT2D eigenvalue weighted by Gasteiger charge is -2.04. The molecule has 0 unspecified atom stereocenters. The summed E-state index contributed by atoms with van der Waals surface area (Å²) >= 11 is 4.37. The van der Waals surface area contributed by atoms with Crippen LogP contribution < -0.4 is 20.5 Å². The number of rotatable bonds is 3. The molecule has 1 aliphatic rings. The van der Waals surface area contributed by atoms with Crippen LogP contribution in [0.2, 0.25) is 0 Å². The van der Waals surface area contributed by atoms with Gasteiger partial charge in [0.05, 0.1) is 22.5 Å². The van der Waals surface area contributed by atoms with E-state index in [1.807, 2.05) is 0 Å². The fourth-order valence-electron chi connectivity index (χ4n) is 2.84. The summed E-state index contributed by atoms with van der Waals surface area (Å²) in [5.74, 6) is -0.113. The minimum atomic E-state index is -0.626. The van der Waals surface area contributed by atoms with E-state index in [0.717, 1.165) is 11.3 Å². The summed E-state index contributed by atoms with van der Waals surface area (Å²) in [5.41, 5.74) is 6.93. The Hall–Kier alpha value is -2.91. The molecule has 4 rings (SSSR count). The summed E-state index contributed by atoms with van der Waals surface area (Å²) in [6, 6.07) is 10.5. The number of aliphatic imine (C=N–C) groups is 1. The first-order chi connectivity index (χ1) is 13.5. The fraction of sp³-hybridized carbons (Fsp3) is 0.105. The fourth-order valence-corrected chi connectivity index (χ4v) is 4.29. The Morgan fingerprint density at radius 2 is 2.14 bits per heavy atom. The number of halogens is 1. The van der Waals surface area contributed by atoms with Gasteiger partial charge in [0.25, 0.3) is 5.56 Å². The Morgan fingerprint density at radius 3 is 2.86 bits per heavy atom. The molecule has 0 spiro atoms. The number of nitrogens with two attached hydrogens (primary N) is 1. The lowest BCUT2D eigenvalue weighted by atomic mass is 10.2. The molecular weight excluding hydrogens is 446 g/mol. The van der Waals surface area contributed by atoms with Gasteiger partial charge in [-0.15, -0.1) is 11.3 Å². The van der Waals surface area contributed by atoms with Crippen LogP contribution in [-0.2, 0) is 9.53 Å². The molecule has 0 atom stereocenters. The molecule has 1 aromatic carbocycles. The van der Waals surface area contributed by atoms with Gasteiger partial charge < -0.3 is 14.9 Å². The van der Waals surface area contributed by atoms with E-state index in [1.165, 1.54) is 4.57 Å². The molecule has 0 saturated carbocycles. The minimum Gasteiger partial charge on any atom is -0.462 e. The molecule has 28 heavy (non-hydrogen) atoms. The van der Waals surface area contributed by atoms with Crippen LogP contribution in [0.4, 0.5) is 5.69 Å². The zero-order chi connectivity index (χ0) is 19.8. The summed E-state index contributed by atoms with van der Waals surface area (Å²) < 4.78 is 13.4. The van der Waals surface area contributed by atoms with Gasteiger partial charge in [0.15, 0.2) is 4.67 Å². The highest BCUT2D eigenvalue weighted by Crippen LogP contribution is 2.24. The molecule has 0 radical (unpaired) electrons. The number of furan rings is 1. The number of thiazole rings is 1. The molecule has 9 heteroatoms. The molecule has 3 aromatic rings. The third-order valence-electron chi connectivity index (χ3n) is 4.00. The van der Waals surface area contributed by atoms with Gasteiger partial charge in [-0.2, -0.15) is 0 Å². The maximum atomic E-state index is 13.2. The Kier molecular flexibility index (Phi) is 4.78. The van der Waals surface area contributed by atoms with E-state index in [1.54, 1.807) is 49.4 Å². The molecule has 7 nitrogen and oxygen atoms in total. The summed E-state index contributed by atoms with van der Waals surface area (Å²) in [5, 5.41) is 0. The molecule has 2 aromatic heterocycles. The van der Waals surface area contributed by atoms with Crippen molar-refractivity contribution in [3.05, 3.63) is 66.4 Å². The molecule has 2 N–H and O–H groups in total. The van der Waals surface area contributed by atoms with E-state index in [4.69, 9.17) is 14.9 Å². The van der Waals surface area contributed by atoms with Gasteiger partial charge in [-0.3, -0.25) is 9.36 Å². The zero-order valence-electron chi connectivity index (χ0n) is 14.6. The largest absolute Gasteiger partial charge is 0.462 e. The number of esters is 1. The number of carbonyl (C=O) groups is 1. The van der Waals surface area contributed by atoms with E-state index in [-0.39, 0.29) is 23.6 Å². The van der Waals surface area contributed by atoms with Crippen LogP contribution in [0.3, 0.4) is 0 Å². The number of fused-ring (bicyclic) bond motifs is 3. The number of ether oxygens (including phenoxy) is 1. The van der Waals surface area contributed by atoms with Crippen molar-refractivity contribution in [2.45, 2.75) is 6.92 Å². The SMILES string of the molecule is CCOC(=O)C1=c2sc(=Cc3ccc(Br)o3)c(=O)n2-c2ccccc2N=C1N. The monoisotopic (exact) mass is 459 g/mol. The smallest absolute Gasteiger partial charge is 0.344 e. The summed E-state index contributed by atoms with van der Waals surface area (Å²) in [7, 11) is 0. The van der Waals surface area contributed by atoms with Crippen molar-refractivity contribution in [1.29, 1.82) is 0 Å². The molecule has 0 fully saturated rings. The first-order valence-corrected chi connectivity index (χ1v) is 9.95. The van der Waals surface area contributed by atoms with Gasteiger partial charge in [0.2, 0.25) is 0 Å². The second-order valence-corrected chi connectivity index (χ2v) is 7.59. The second-order valence-electron chi connectivity index (χ2n) is 5.78. The third kappa shape index (κ3) is 3.12. The molecule has 0 saturated heterocycles. The number of amidine groups is 1. The molecule has 0 amide bonds. The van der Waals surface area contributed by atoms with Crippen LogP contribution in [-0.4, -0.2) is 23.0 Å². The van der Waals surface area contributed by atoms with E-state index in [2.05, 4.69) is 20.9 Å². The predicted octanol–water partition coefficient (Wildman–Crippen LogP) is 1.80. The summed E-state index contributed by atoms with van der Waals surface area (Å²) in [4.78, 5) is 30.1. The van der Waals surface area contributed by atoms with Crippen molar-refractivity contribution in [2.75, 3.05) is 6.61 Å². The Labute approximate surface area is 171 Å². The molecule has 0 bridgehead atoms. The van der Waals surface area contributed by atoms with Crippen LogP contribution in [0.5, 0.6) is 0 Å². The zero-order valence-corrected chi connectivity index (χ0v) is 17.0. The minimum absolute atomic E-state index is 0.00527. The average Bonchev–Trinajstić information content (AvgIpc) is 3.16. The highest BCUT2D eigenvalue weighted by atomic mass is 79.9. The van der Waals surface area contributed by atoms with Crippen molar-refractivity contribution in [3.63, 3.8) is 0 Å². The number of nitrogens with zero attached hydrogens (tertiary/aromatic N) is 2. The number of para-hydroxylation sites is 2. The molecule has 0 aliphatic carbocycles. The van der Waals surface area contributed by atoms with Crippen molar-refractivity contribution < 1.29 is 13.9 Å². The molecule has 3 heterocycles. The number of aromatic nitrogens is 1. The highest BCUT2D eigenvalue weighted by Gasteiger charge is 2.25. The van der Waals surface area contributed by atoms with Crippen molar-refractivity contribution in [2.24, 2.45) is 10.7 Å². The Balaban J connectivity index is 2.11. The maximum absolute atomic E-state index is 13.2. The van der Waals surface area contributed by atoms with E-state index < -0.39 is 5.97 Å². The lowest BCUT2D eigenvalue weighted by Crippen LogP contribution is -2.33. The van der Waals surface area contributed by atoms with E-state index in [0.29, 0.717) is 31.0 Å². The van der Waals surface area contributed by atoms with Gasteiger partial charge in [-0.1, -0.05) is 12.1 Å². The quantitative estimate of drug-likeness (QED) is 0.601. The Morgan fingerprint density at radius 1 is 1.36 bits per heavy atom. The van der Waals surface area contributed by atoms with Gasteiger partial charge in [-0.25, -0.2) is 9.79 Å². The van der Waals surface area contributed by atoms with Crippen LogP contribution in [0, 0.1) is 0 Å². The van der Waals surface area contributed by atoms with Crippen LogP contribution in [0.15, 0.2) is 55.3 Å². The Bertz CT molecular complexity index is 1300. The first-order valence-electron chi connectivity index (χ1n) is 8.34. The predicted molar refractivity (Wildman–Crippen MR) is 110 cm³/mol. The topological polar surface area (TPSA) is 99.8 Å². The summed E-state index contributed by atoms with van der Waals surface area (Å²) in [6.45, 7) is 1.88. The normalized spacial score (nSPS) is 13.6. The number of carbonyl (C=O) groups excluding carboxylic acids is 1. The highest BCUT2D eigenvalue weighted by molar-refractivity contribution is 9.10. The van der Waals surface area contributed by atoms with E-state index in [9.17, 15) is 9.59 Å². The number of hydrogen-bond donors (Lipinski definition) is 1. The van der Waals surface area contributed by atoms with Gasteiger partial charge in [0.1, 0.15) is 21.8 Å². The standard InChI is InChI=1S/C19H14BrN3O4S/c1-2-26-19(25)15-16(21)22-11-5-3-4-6-12(11)23-17(24)13(28-18(15)23)9-10-7-8-14(20)27-10/h3-9H,2H2,1H3,(H2,21,22). The molecule has 1 aliphatic heterocycles. The summed E-state index contributed by atoms with van der Waals surface area (Å²) in [6.07, 6.45) is 1.62. The van der Waals surface area contributed by atoms with Crippen molar-refractivity contribution in [3.8, 4) is 5.69 Å². The third-order valence-corrected chi connectivity index (χ3v) is 5.52. The van der Waals surface area contributed by atoms with Crippen molar-refractivity contribution in [1.82, 2.24) is 4.57 Å². The number of hydrogen-bond acceptors (Lipinski definition) is 7. The maximum Gasteiger partial charge on any atom is 0.344 e. The van der Waals surface area contributed by atoms with Crippen LogP contribution in [0.25, 0.3) is 17.3 Å². The van der Waals surface area contributed by atoms with Crippen LogP contribution in [0.1, 0.15) is 12.7 Å².